The Hall–Kier alpha value is -2.21. The highest BCUT2D eigenvalue weighted by molar-refractivity contribution is 6.32. The summed E-state index contributed by atoms with van der Waals surface area (Å²) in [6.45, 7) is 13.0. The molecule has 1 fully saturated rings. The first-order valence-electron chi connectivity index (χ1n) is 10.8. The van der Waals surface area contributed by atoms with Crippen molar-refractivity contribution in [3.8, 4) is 5.75 Å². The number of carbonyl (C=O) groups is 2. The van der Waals surface area contributed by atoms with Crippen LogP contribution in [0.4, 0.5) is 4.79 Å². The van der Waals surface area contributed by atoms with E-state index in [1.165, 1.54) is 0 Å². The molecule has 0 radical (unpaired) electrons. The van der Waals surface area contributed by atoms with Gasteiger partial charge in [0.1, 0.15) is 5.75 Å². The summed E-state index contributed by atoms with van der Waals surface area (Å²) in [5.41, 5.74) is 1.23. The maximum atomic E-state index is 13.0. The monoisotopic (exact) mass is 448 g/mol. The number of carboxylic acids is 1. The molecule has 2 N–H and O–H groups in total. The number of ether oxygens (including phenoxy) is 1. The smallest absolute Gasteiger partial charge is 0.322 e. The van der Waals surface area contributed by atoms with Gasteiger partial charge in [-0.1, -0.05) is 52.3 Å². The van der Waals surface area contributed by atoms with E-state index in [4.69, 9.17) is 21.4 Å². The number of hydrogen-bond donors (Lipinski definition) is 2. The molecule has 2 aliphatic rings. The van der Waals surface area contributed by atoms with E-state index < -0.39 is 11.5 Å². The van der Waals surface area contributed by atoms with Crippen LogP contribution in [0.3, 0.4) is 0 Å². The zero-order chi connectivity index (χ0) is 23.1. The number of amides is 2. The number of aliphatic carboxylic acids is 1. The van der Waals surface area contributed by atoms with E-state index in [0.717, 1.165) is 11.1 Å². The maximum Gasteiger partial charge on any atom is 0.322 e. The number of carboxylic acid groups (broad SMARTS) is 1. The maximum absolute atomic E-state index is 13.0. The molecule has 0 spiro atoms. The minimum absolute atomic E-state index is 0.0174. The summed E-state index contributed by atoms with van der Waals surface area (Å²) in [4.78, 5) is 25.8. The van der Waals surface area contributed by atoms with Gasteiger partial charge in [-0.05, 0) is 54.4 Å². The third kappa shape index (κ3) is 4.84. The fraction of sp³-hybridized carbons (Fsp3) is 0.583. The number of nitrogens with one attached hydrogen (secondary N) is 1. The molecule has 1 aliphatic heterocycles. The molecule has 0 saturated heterocycles. The van der Waals surface area contributed by atoms with E-state index in [0.29, 0.717) is 30.2 Å². The van der Waals surface area contributed by atoms with E-state index in [1.54, 1.807) is 4.90 Å². The predicted molar refractivity (Wildman–Crippen MR) is 121 cm³/mol. The van der Waals surface area contributed by atoms with E-state index in [9.17, 15) is 9.59 Å². The molecule has 1 heterocycles. The molecule has 170 valence electrons. The molecule has 0 aromatic heterocycles. The van der Waals surface area contributed by atoms with E-state index in [2.05, 4.69) is 39.9 Å². The average Bonchev–Trinajstić information content (AvgIpc) is 2.59. The topological polar surface area (TPSA) is 78.9 Å². The van der Waals surface area contributed by atoms with Gasteiger partial charge in [0.2, 0.25) is 0 Å². The van der Waals surface area contributed by atoms with Gasteiger partial charge in [-0.15, -0.1) is 0 Å². The highest BCUT2D eigenvalue weighted by atomic mass is 35.5. The Morgan fingerprint density at radius 1 is 1.35 bits per heavy atom. The molecule has 3 rings (SSSR count). The molecular formula is C24H33ClN2O4. The van der Waals surface area contributed by atoms with Gasteiger partial charge in [0.25, 0.3) is 0 Å². The van der Waals surface area contributed by atoms with Crippen molar-refractivity contribution in [3.63, 3.8) is 0 Å². The fourth-order valence-electron chi connectivity index (χ4n) is 4.16. The Bertz CT molecular complexity index is 899. The molecule has 1 saturated carbocycles. The van der Waals surface area contributed by atoms with Crippen LogP contribution in [-0.4, -0.2) is 34.7 Å². The summed E-state index contributed by atoms with van der Waals surface area (Å²) in [5, 5.41) is 12.8. The third-order valence-electron chi connectivity index (χ3n) is 6.09. The normalized spacial score (nSPS) is 26.3. The first-order chi connectivity index (χ1) is 14.3. The minimum atomic E-state index is -0.796. The lowest BCUT2D eigenvalue weighted by Gasteiger charge is -2.47. The number of hydrogen-bond acceptors (Lipinski definition) is 3. The summed E-state index contributed by atoms with van der Waals surface area (Å²) in [5.74, 6) is -0.382. The Morgan fingerprint density at radius 2 is 2.00 bits per heavy atom. The van der Waals surface area contributed by atoms with E-state index in [1.807, 2.05) is 31.3 Å². The van der Waals surface area contributed by atoms with Crippen LogP contribution in [0.25, 0.3) is 0 Å². The third-order valence-corrected chi connectivity index (χ3v) is 6.39. The van der Waals surface area contributed by atoms with Crippen molar-refractivity contribution < 1.29 is 19.4 Å². The zero-order valence-electron chi connectivity index (χ0n) is 19.2. The number of rotatable bonds is 6. The van der Waals surface area contributed by atoms with Crippen molar-refractivity contribution in [1.82, 2.24) is 10.2 Å². The number of carbonyl (C=O) groups excluding carboxylic acids is 1. The Labute approximate surface area is 189 Å². The van der Waals surface area contributed by atoms with Gasteiger partial charge in [0.05, 0.1) is 23.1 Å². The van der Waals surface area contributed by atoms with Crippen LogP contribution in [0.5, 0.6) is 5.75 Å². The van der Waals surface area contributed by atoms with Crippen LogP contribution in [0, 0.1) is 17.3 Å². The first-order valence-corrected chi connectivity index (χ1v) is 11.2. The summed E-state index contributed by atoms with van der Waals surface area (Å²) in [6, 6.07) is 5.35. The van der Waals surface area contributed by atoms with Crippen LogP contribution >= 0.6 is 11.6 Å². The zero-order valence-corrected chi connectivity index (χ0v) is 19.9. The Morgan fingerprint density at radius 3 is 2.52 bits per heavy atom. The average molecular weight is 449 g/mol. The van der Waals surface area contributed by atoms with Crippen LogP contribution in [0.15, 0.2) is 30.0 Å². The molecule has 0 bridgehead atoms. The van der Waals surface area contributed by atoms with Crippen LogP contribution < -0.4 is 10.1 Å². The lowest BCUT2D eigenvalue weighted by molar-refractivity contribution is -0.146. The van der Waals surface area contributed by atoms with Gasteiger partial charge < -0.3 is 15.2 Å². The summed E-state index contributed by atoms with van der Waals surface area (Å²) in [6.07, 6.45) is 2.87. The second-order valence-electron chi connectivity index (χ2n) is 10.4. The van der Waals surface area contributed by atoms with Crippen molar-refractivity contribution in [2.24, 2.45) is 17.3 Å². The molecule has 31 heavy (non-hydrogen) atoms. The highest BCUT2D eigenvalue weighted by Crippen LogP contribution is 2.42. The molecule has 1 atom stereocenters. The van der Waals surface area contributed by atoms with Gasteiger partial charge >= 0.3 is 12.0 Å². The molecule has 1 aliphatic carbocycles. The molecule has 7 heteroatoms. The highest BCUT2D eigenvalue weighted by Gasteiger charge is 2.45. The molecule has 1 aromatic carbocycles. The molecule has 1 aromatic rings. The standard InChI is InChI=1S/C24H33ClN2O4/c1-14(2)18-12-27(17-9-15(10-17)21(28)29)22(30)26-24(18,6)16-7-8-20(19(25)11-16)31-13-23(3,4)5/h7-8,11-12,14-15,17H,9-10,13H2,1-6H3,(H,26,30)(H,28,29)/t15-,17+,24?. The van der Waals surface area contributed by atoms with Crippen molar-refractivity contribution in [2.75, 3.05) is 6.61 Å². The quantitative estimate of drug-likeness (QED) is 0.609. The lowest BCUT2D eigenvalue weighted by Crippen LogP contribution is -2.59. The van der Waals surface area contributed by atoms with Gasteiger partial charge in [-0.3, -0.25) is 9.69 Å². The number of nitrogens with zero attached hydrogens (tertiary/aromatic N) is 1. The van der Waals surface area contributed by atoms with E-state index in [-0.39, 0.29) is 29.3 Å². The second kappa shape index (κ2) is 8.38. The summed E-state index contributed by atoms with van der Waals surface area (Å²) in [7, 11) is 0. The number of urea groups is 1. The Balaban J connectivity index is 1.88. The van der Waals surface area contributed by atoms with Gasteiger partial charge in [-0.25, -0.2) is 4.79 Å². The van der Waals surface area contributed by atoms with Crippen molar-refractivity contribution >= 4 is 23.6 Å². The second-order valence-corrected chi connectivity index (χ2v) is 10.8. The van der Waals surface area contributed by atoms with Gasteiger partial charge in [-0.2, -0.15) is 0 Å². The van der Waals surface area contributed by atoms with Crippen molar-refractivity contribution in [1.29, 1.82) is 0 Å². The molecular weight excluding hydrogens is 416 g/mol. The predicted octanol–water partition coefficient (Wildman–Crippen LogP) is 5.41. The number of benzene rings is 1. The fourth-order valence-corrected chi connectivity index (χ4v) is 4.40. The Kier molecular flexibility index (Phi) is 6.34. The molecule has 1 unspecified atom stereocenters. The molecule has 6 nitrogen and oxygen atoms in total. The van der Waals surface area contributed by atoms with Gasteiger partial charge in [0.15, 0.2) is 0 Å². The van der Waals surface area contributed by atoms with Gasteiger partial charge in [0, 0.05) is 12.2 Å². The summed E-state index contributed by atoms with van der Waals surface area (Å²) >= 11 is 6.54. The van der Waals surface area contributed by atoms with Crippen LogP contribution in [-0.2, 0) is 10.3 Å². The van der Waals surface area contributed by atoms with Crippen LogP contribution in [0.2, 0.25) is 5.02 Å². The SMILES string of the molecule is CC(C)C1=CN([C@H]2C[C@@H](C(=O)O)C2)C(=O)NC1(C)c1ccc(OCC(C)(C)C)c(Cl)c1. The largest absolute Gasteiger partial charge is 0.491 e. The first kappa shape index (κ1) is 23.5. The van der Waals surface area contributed by atoms with E-state index >= 15 is 0 Å². The number of halogens is 1. The van der Waals surface area contributed by atoms with Crippen molar-refractivity contribution in [3.05, 3.63) is 40.6 Å². The molecule has 2 amide bonds. The lowest BCUT2D eigenvalue weighted by atomic mass is 9.76. The minimum Gasteiger partial charge on any atom is -0.491 e. The van der Waals surface area contributed by atoms with Crippen LogP contribution in [0.1, 0.15) is 59.9 Å². The van der Waals surface area contributed by atoms with Crippen molar-refractivity contribution in [2.45, 2.75) is 66.0 Å². The summed E-state index contributed by atoms with van der Waals surface area (Å²) < 4.78 is 5.88.